The van der Waals surface area contributed by atoms with Crippen molar-refractivity contribution in [2.75, 3.05) is 53.5 Å². The molecule has 0 radical (unpaired) electrons. The fourth-order valence-corrected chi connectivity index (χ4v) is 4.98. The molecule has 3 aliphatic rings. The molecule has 3 N–H and O–H groups in total. The van der Waals surface area contributed by atoms with Crippen LogP contribution in [0.5, 0.6) is 0 Å². The summed E-state index contributed by atoms with van der Waals surface area (Å²) in [5, 5.41) is 8.73. The third kappa shape index (κ3) is 6.08. The zero-order valence-electron chi connectivity index (χ0n) is 19.2. The molecule has 0 aromatic heterocycles. The number of likely N-dealkylation sites (tertiary alicyclic amines) is 1. The highest BCUT2D eigenvalue weighted by Crippen LogP contribution is 2.30. The Kier molecular flexibility index (Phi) is 8.12. The molecule has 3 aliphatic heterocycles. The summed E-state index contributed by atoms with van der Waals surface area (Å²) in [4.78, 5) is 44.1. The second-order valence-electron chi connectivity index (χ2n) is 9.33. The second kappa shape index (κ2) is 10.6. The van der Waals surface area contributed by atoms with E-state index in [1.165, 1.54) is 7.11 Å². The molecule has 10 heteroatoms. The zero-order chi connectivity index (χ0) is 22.5. The minimum absolute atomic E-state index is 0.0154. The van der Waals surface area contributed by atoms with Crippen molar-refractivity contribution in [1.82, 2.24) is 30.7 Å². The Morgan fingerprint density at radius 2 is 1.87 bits per heavy atom. The van der Waals surface area contributed by atoms with Gasteiger partial charge in [-0.15, -0.1) is 0 Å². The number of piperazine rings is 1. The highest BCUT2D eigenvalue weighted by atomic mass is 16.5. The van der Waals surface area contributed by atoms with Gasteiger partial charge in [-0.1, -0.05) is 0 Å². The predicted molar refractivity (Wildman–Crippen MR) is 117 cm³/mol. The van der Waals surface area contributed by atoms with Crippen molar-refractivity contribution in [3.63, 3.8) is 0 Å². The first-order chi connectivity index (χ1) is 14.8. The average Bonchev–Trinajstić information content (AvgIpc) is 3.10. The first-order valence-corrected chi connectivity index (χ1v) is 11.4. The largest absolute Gasteiger partial charge is 0.375 e. The zero-order valence-corrected chi connectivity index (χ0v) is 19.2. The van der Waals surface area contributed by atoms with E-state index in [2.05, 4.69) is 32.8 Å². The third-order valence-electron chi connectivity index (χ3n) is 6.48. The van der Waals surface area contributed by atoms with Crippen LogP contribution in [0, 0.1) is 0 Å². The summed E-state index contributed by atoms with van der Waals surface area (Å²) < 4.78 is 4.90. The van der Waals surface area contributed by atoms with Gasteiger partial charge in [0.05, 0.1) is 6.04 Å². The Morgan fingerprint density at radius 3 is 2.52 bits per heavy atom. The molecule has 3 saturated heterocycles. The van der Waals surface area contributed by atoms with Gasteiger partial charge in [-0.2, -0.15) is 0 Å². The van der Waals surface area contributed by atoms with E-state index in [0.29, 0.717) is 12.6 Å². The van der Waals surface area contributed by atoms with Gasteiger partial charge in [0, 0.05) is 44.9 Å². The molecule has 3 fully saturated rings. The Balaban J connectivity index is 1.68. The van der Waals surface area contributed by atoms with Crippen molar-refractivity contribution in [2.45, 2.75) is 63.3 Å². The number of amides is 4. The van der Waals surface area contributed by atoms with E-state index in [0.717, 1.165) is 38.9 Å². The highest BCUT2D eigenvalue weighted by Gasteiger charge is 2.47. The lowest BCUT2D eigenvalue weighted by molar-refractivity contribution is -0.146. The number of fused-ring (bicyclic) bond motifs is 1. The monoisotopic (exact) mass is 438 g/mol. The van der Waals surface area contributed by atoms with Gasteiger partial charge in [0.2, 0.25) is 11.8 Å². The molecule has 0 aromatic rings. The van der Waals surface area contributed by atoms with Crippen LogP contribution in [0.1, 0.15) is 33.1 Å². The number of nitrogens with one attached hydrogen (secondary N) is 3. The molecule has 3 atom stereocenters. The van der Waals surface area contributed by atoms with Crippen molar-refractivity contribution in [3.05, 3.63) is 0 Å². The molecule has 0 saturated carbocycles. The summed E-state index contributed by atoms with van der Waals surface area (Å²) in [6.45, 7) is 7.40. The Hall–Kier alpha value is -1.91. The fraction of sp³-hybridized carbons (Fsp3) is 0.857. The van der Waals surface area contributed by atoms with Crippen LogP contribution in [-0.4, -0.2) is 116 Å². The Bertz CT molecular complexity index is 652. The molecule has 0 aromatic carbocycles. The van der Waals surface area contributed by atoms with Gasteiger partial charge < -0.3 is 30.5 Å². The second-order valence-corrected chi connectivity index (χ2v) is 9.33. The number of hydrogen-bond acceptors (Lipinski definition) is 6. The van der Waals surface area contributed by atoms with Crippen molar-refractivity contribution < 1.29 is 19.1 Å². The molecule has 3 heterocycles. The van der Waals surface area contributed by atoms with Gasteiger partial charge in [0.1, 0.15) is 12.6 Å². The van der Waals surface area contributed by atoms with Crippen LogP contribution in [0.15, 0.2) is 0 Å². The molecule has 31 heavy (non-hydrogen) atoms. The Morgan fingerprint density at radius 1 is 1.16 bits per heavy atom. The van der Waals surface area contributed by atoms with Gasteiger partial charge in [-0.25, -0.2) is 4.79 Å². The van der Waals surface area contributed by atoms with Crippen LogP contribution in [-0.2, 0) is 14.3 Å². The summed E-state index contributed by atoms with van der Waals surface area (Å²) >= 11 is 0. The lowest BCUT2D eigenvalue weighted by Gasteiger charge is -2.48. The summed E-state index contributed by atoms with van der Waals surface area (Å²) in [5.41, 5.74) is 0. The van der Waals surface area contributed by atoms with Gasteiger partial charge in [-0.05, 0) is 53.2 Å². The van der Waals surface area contributed by atoms with E-state index in [4.69, 9.17) is 4.74 Å². The normalized spacial score (nSPS) is 28.0. The number of ether oxygens (including phenoxy) is 1. The number of nitrogens with zero attached hydrogens (tertiary/aromatic N) is 3. The van der Waals surface area contributed by atoms with Gasteiger partial charge in [-0.3, -0.25) is 14.5 Å². The molecular weight excluding hydrogens is 400 g/mol. The molecule has 0 bridgehead atoms. The first-order valence-electron chi connectivity index (χ1n) is 11.4. The van der Waals surface area contributed by atoms with Crippen LogP contribution < -0.4 is 16.0 Å². The Labute approximate surface area is 185 Å². The lowest BCUT2D eigenvalue weighted by Crippen LogP contribution is -2.65. The van der Waals surface area contributed by atoms with E-state index in [9.17, 15) is 14.4 Å². The van der Waals surface area contributed by atoms with Gasteiger partial charge >= 0.3 is 6.03 Å². The molecule has 10 nitrogen and oxygen atoms in total. The van der Waals surface area contributed by atoms with E-state index in [-0.39, 0.29) is 55.2 Å². The first kappa shape index (κ1) is 23.7. The lowest BCUT2D eigenvalue weighted by atomic mass is 9.97. The maximum atomic E-state index is 13.5. The van der Waals surface area contributed by atoms with Crippen molar-refractivity contribution in [1.29, 1.82) is 0 Å². The number of hydrogen-bond donors (Lipinski definition) is 3. The van der Waals surface area contributed by atoms with Crippen molar-refractivity contribution in [2.24, 2.45) is 0 Å². The van der Waals surface area contributed by atoms with Gasteiger partial charge in [0.25, 0.3) is 0 Å². The van der Waals surface area contributed by atoms with E-state index >= 15 is 0 Å². The molecule has 0 aliphatic carbocycles. The predicted octanol–water partition coefficient (Wildman–Crippen LogP) is -0.795. The SMILES string of the molecule is COCC(=O)NC[C@H]1C(=O)N2C[C@@H](NC(=O)NC(C)C)C[C@H]2CN1C1CCN(C)CC1. The topological polar surface area (TPSA) is 106 Å². The molecule has 0 unspecified atom stereocenters. The van der Waals surface area contributed by atoms with Crippen molar-refractivity contribution >= 4 is 17.8 Å². The van der Waals surface area contributed by atoms with Crippen molar-refractivity contribution in [3.8, 4) is 0 Å². The van der Waals surface area contributed by atoms with E-state index in [1.807, 2.05) is 18.7 Å². The third-order valence-corrected chi connectivity index (χ3v) is 6.48. The average molecular weight is 439 g/mol. The number of urea groups is 1. The van der Waals surface area contributed by atoms with Crippen LogP contribution in [0.4, 0.5) is 4.79 Å². The molecule has 176 valence electrons. The summed E-state index contributed by atoms with van der Waals surface area (Å²) in [6.07, 6.45) is 2.78. The van der Waals surface area contributed by atoms with Gasteiger partial charge in [0.15, 0.2) is 0 Å². The number of piperidine rings is 1. The number of methoxy groups -OCH3 is 1. The van der Waals surface area contributed by atoms with E-state index < -0.39 is 0 Å². The number of carbonyl (C=O) groups is 3. The van der Waals surface area contributed by atoms with E-state index in [1.54, 1.807) is 0 Å². The van der Waals surface area contributed by atoms with Crippen LogP contribution in [0.25, 0.3) is 0 Å². The number of rotatable bonds is 7. The van der Waals surface area contributed by atoms with Crippen LogP contribution in [0.2, 0.25) is 0 Å². The summed E-state index contributed by atoms with van der Waals surface area (Å²) in [7, 11) is 3.60. The summed E-state index contributed by atoms with van der Waals surface area (Å²) in [5.74, 6) is -0.173. The van der Waals surface area contributed by atoms with Crippen LogP contribution in [0.3, 0.4) is 0 Å². The number of carbonyl (C=O) groups excluding carboxylic acids is 3. The fourth-order valence-electron chi connectivity index (χ4n) is 4.98. The molecular formula is C21H38N6O4. The highest BCUT2D eigenvalue weighted by molar-refractivity contribution is 5.85. The quantitative estimate of drug-likeness (QED) is 0.481. The maximum absolute atomic E-state index is 13.5. The standard InChI is InChI=1S/C21H38N6O4/c1-14(2)23-21(30)24-15-9-17-12-26(16-5-7-25(3)8-6-16)18(20(29)27(17)11-15)10-22-19(28)13-31-4/h14-18H,5-13H2,1-4H3,(H,22,28)(H2,23,24,30)/t15-,17-,18-/m0/s1. The molecule has 4 amide bonds. The minimum Gasteiger partial charge on any atom is -0.375 e. The smallest absolute Gasteiger partial charge is 0.315 e. The minimum atomic E-state index is -0.381. The maximum Gasteiger partial charge on any atom is 0.315 e. The van der Waals surface area contributed by atoms with Crippen LogP contribution >= 0.6 is 0 Å². The molecule has 3 rings (SSSR count). The molecule has 0 spiro atoms. The summed E-state index contributed by atoms with van der Waals surface area (Å²) in [6, 6.07) is -0.165.